The minimum atomic E-state index is 0.767. The fourth-order valence-electron chi connectivity index (χ4n) is 1.57. The standard InChI is InChI=1S/C11H8N4/c1-2-4-8(5-3-1)9-10-11(14-6-12-9)15-7-13-10/h1-7H,(H,12,13,14,15). The molecule has 1 aromatic carbocycles. The van der Waals surface area contributed by atoms with Gasteiger partial charge in [-0.05, 0) is 0 Å². The number of nitrogens with one attached hydrogen (secondary N) is 1. The Bertz CT molecular complexity index is 586. The van der Waals surface area contributed by atoms with Crippen molar-refractivity contribution in [2.24, 2.45) is 0 Å². The molecule has 2 aromatic heterocycles. The molecule has 72 valence electrons. The average molecular weight is 196 g/mol. The summed E-state index contributed by atoms with van der Waals surface area (Å²) < 4.78 is 0. The van der Waals surface area contributed by atoms with Crippen molar-refractivity contribution in [3.05, 3.63) is 43.0 Å². The molecule has 0 aliphatic heterocycles. The summed E-state index contributed by atoms with van der Waals surface area (Å²) in [7, 11) is 0. The summed E-state index contributed by atoms with van der Waals surface area (Å²) >= 11 is 0. The summed E-state index contributed by atoms with van der Waals surface area (Å²) in [5.74, 6) is 0. The van der Waals surface area contributed by atoms with Gasteiger partial charge in [0.25, 0.3) is 0 Å². The van der Waals surface area contributed by atoms with E-state index in [4.69, 9.17) is 0 Å². The van der Waals surface area contributed by atoms with Crippen LogP contribution in [-0.4, -0.2) is 19.9 Å². The van der Waals surface area contributed by atoms with Gasteiger partial charge in [0.15, 0.2) is 5.65 Å². The minimum absolute atomic E-state index is 0.767. The molecule has 0 unspecified atom stereocenters. The van der Waals surface area contributed by atoms with Gasteiger partial charge in [0.2, 0.25) is 0 Å². The third-order valence-corrected chi connectivity index (χ3v) is 2.26. The third kappa shape index (κ3) is 1.27. The summed E-state index contributed by atoms with van der Waals surface area (Å²) in [5, 5.41) is 0. The normalized spacial score (nSPS) is 10.7. The fraction of sp³-hybridized carbons (Fsp3) is 0. The zero-order valence-corrected chi connectivity index (χ0v) is 7.88. The molecule has 0 saturated heterocycles. The van der Waals surface area contributed by atoms with Crippen LogP contribution in [0, 0.1) is 0 Å². The van der Waals surface area contributed by atoms with Gasteiger partial charge in [0.1, 0.15) is 17.5 Å². The number of aromatic nitrogens is 4. The van der Waals surface area contributed by atoms with Crippen molar-refractivity contribution >= 4 is 11.2 Å². The highest BCUT2D eigenvalue weighted by Crippen LogP contribution is 2.21. The molecule has 15 heavy (non-hydrogen) atoms. The Hall–Kier alpha value is -2.23. The first-order valence-corrected chi connectivity index (χ1v) is 4.64. The third-order valence-electron chi connectivity index (χ3n) is 2.26. The average Bonchev–Trinajstić information content (AvgIpc) is 2.78. The number of imidazole rings is 1. The maximum absolute atomic E-state index is 4.26. The Labute approximate surface area is 86.0 Å². The quantitative estimate of drug-likeness (QED) is 0.647. The fourth-order valence-corrected chi connectivity index (χ4v) is 1.57. The predicted molar refractivity (Wildman–Crippen MR) is 57.1 cm³/mol. The van der Waals surface area contributed by atoms with Crippen molar-refractivity contribution in [3.63, 3.8) is 0 Å². The molecule has 0 saturated carbocycles. The number of hydrogen-bond acceptors (Lipinski definition) is 3. The van der Waals surface area contributed by atoms with E-state index in [1.54, 1.807) is 12.7 Å². The molecule has 0 fully saturated rings. The van der Waals surface area contributed by atoms with Gasteiger partial charge in [-0.1, -0.05) is 30.3 Å². The molecule has 0 radical (unpaired) electrons. The van der Waals surface area contributed by atoms with Crippen molar-refractivity contribution in [3.8, 4) is 11.3 Å². The molecule has 0 aliphatic carbocycles. The highest BCUT2D eigenvalue weighted by molar-refractivity contribution is 5.86. The summed E-state index contributed by atoms with van der Waals surface area (Å²) in [6.45, 7) is 0. The van der Waals surface area contributed by atoms with Crippen LogP contribution < -0.4 is 0 Å². The summed E-state index contributed by atoms with van der Waals surface area (Å²) in [6, 6.07) is 9.96. The number of aromatic amines is 1. The first-order valence-electron chi connectivity index (χ1n) is 4.64. The van der Waals surface area contributed by atoms with Gasteiger partial charge in [-0.25, -0.2) is 15.0 Å². The SMILES string of the molecule is c1ccc(-c2ncnc3[nH]cnc23)cc1. The highest BCUT2D eigenvalue weighted by Gasteiger charge is 2.06. The van der Waals surface area contributed by atoms with Gasteiger partial charge < -0.3 is 4.98 Å². The Kier molecular flexibility index (Phi) is 1.71. The Morgan fingerprint density at radius 1 is 0.933 bits per heavy atom. The molecule has 0 atom stereocenters. The Morgan fingerprint density at radius 2 is 1.80 bits per heavy atom. The number of nitrogens with zero attached hydrogens (tertiary/aromatic N) is 3. The number of benzene rings is 1. The Morgan fingerprint density at radius 3 is 2.67 bits per heavy atom. The molecule has 4 nitrogen and oxygen atoms in total. The molecule has 3 rings (SSSR count). The maximum Gasteiger partial charge on any atom is 0.161 e. The van der Waals surface area contributed by atoms with E-state index in [-0.39, 0.29) is 0 Å². The second-order valence-corrected chi connectivity index (χ2v) is 3.19. The van der Waals surface area contributed by atoms with Crippen molar-refractivity contribution in [2.45, 2.75) is 0 Å². The van der Waals surface area contributed by atoms with E-state index >= 15 is 0 Å². The van der Waals surface area contributed by atoms with Crippen molar-refractivity contribution in [1.82, 2.24) is 19.9 Å². The van der Waals surface area contributed by atoms with Crippen LogP contribution in [0.15, 0.2) is 43.0 Å². The van der Waals surface area contributed by atoms with E-state index in [0.29, 0.717) is 0 Å². The van der Waals surface area contributed by atoms with Crippen LogP contribution in [0.5, 0.6) is 0 Å². The highest BCUT2D eigenvalue weighted by atomic mass is 15.0. The van der Waals surface area contributed by atoms with Crippen LogP contribution in [0.4, 0.5) is 0 Å². The lowest BCUT2D eigenvalue weighted by atomic mass is 10.1. The van der Waals surface area contributed by atoms with E-state index in [1.807, 2.05) is 30.3 Å². The van der Waals surface area contributed by atoms with Gasteiger partial charge in [-0.15, -0.1) is 0 Å². The predicted octanol–water partition coefficient (Wildman–Crippen LogP) is 2.02. The molecule has 0 spiro atoms. The summed E-state index contributed by atoms with van der Waals surface area (Å²) in [6.07, 6.45) is 3.18. The number of rotatable bonds is 1. The zero-order chi connectivity index (χ0) is 10.1. The lowest BCUT2D eigenvalue weighted by molar-refractivity contribution is 1.20. The van der Waals surface area contributed by atoms with Gasteiger partial charge in [-0.2, -0.15) is 0 Å². The minimum Gasteiger partial charge on any atom is -0.329 e. The van der Waals surface area contributed by atoms with Crippen LogP contribution in [0.25, 0.3) is 22.4 Å². The lowest BCUT2D eigenvalue weighted by Crippen LogP contribution is -1.87. The van der Waals surface area contributed by atoms with Crippen LogP contribution in [0.2, 0.25) is 0 Å². The second kappa shape index (κ2) is 3.16. The largest absolute Gasteiger partial charge is 0.329 e. The van der Waals surface area contributed by atoms with E-state index in [2.05, 4.69) is 19.9 Å². The zero-order valence-electron chi connectivity index (χ0n) is 7.88. The molecule has 0 aliphatic rings. The Balaban J connectivity index is 2.31. The van der Waals surface area contributed by atoms with Crippen LogP contribution in [-0.2, 0) is 0 Å². The first kappa shape index (κ1) is 8.11. The molecular formula is C11H8N4. The van der Waals surface area contributed by atoms with E-state index in [0.717, 1.165) is 22.4 Å². The maximum atomic E-state index is 4.26. The smallest absolute Gasteiger partial charge is 0.161 e. The van der Waals surface area contributed by atoms with Gasteiger partial charge in [0.05, 0.1) is 6.33 Å². The summed E-state index contributed by atoms with van der Waals surface area (Å²) in [5.41, 5.74) is 3.49. The van der Waals surface area contributed by atoms with Gasteiger partial charge >= 0.3 is 0 Å². The molecular weight excluding hydrogens is 188 g/mol. The monoisotopic (exact) mass is 196 g/mol. The van der Waals surface area contributed by atoms with Gasteiger partial charge in [-0.3, -0.25) is 0 Å². The van der Waals surface area contributed by atoms with Crippen molar-refractivity contribution < 1.29 is 0 Å². The van der Waals surface area contributed by atoms with Crippen LogP contribution in [0.1, 0.15) is 0 Å². The van der Waals surface area contributed by atoms with E-state index in [1.165, 1.54) is 0 Å². The molecule has 4 heteroatoms. The van der Waals surface area contributed by atoms with Crippen molar-refractivity contribution in [1.29, 1.82) is 0 Å². The van der Waals surface area contributed by atoms with E-state index in [9.17, 15) is 0 Å². The topological polar surface area (TPSA) is 54.5 Å². The molecule has 3 aromatic rings. The van der Waals surface area contributed by atoms with E-state index < -0.39 is 0 Å². The lowest BCUT2D eigenvalue weighted by Gasteiger charge is -1.99. The first-order chi connectivity index (χ1) is 7.45. The molecule has 2 heterocycles. The van der Waals surface area contributed by atoms with Crippen LogP contribution >= 0.6 is 0 Å². The van der Waals surface area contributed by atoms with Crippen LogP contribution in [0.3, 0.4) is 0 Å². The number of hydrogen-bond donors (Lipinski definition) is 1. The molecule has 1 N–H and O–H groups in total. The van der Waals surface area contributed by atoms with Gasteiger partial charge in [0, 0.05) is 5.56 Å². The van der Waals surface area contributed by atoms with Crippen molar-refractivity contribution in [2.75, 3.05) is 0 Å². The second-order valence-electron chi connectivity index (χ2n) is 3.19. The number of fused-ring (bicyclic) bond motifs is 1. The molecule has 0 bridgehead atoms. The molecule has 0 amide bonds. The summed E-state index contributed by atoms with van der Waals surface area (Å²) in [4.78, 5) is 15.5. The number of H-pyrrole nitrogens is 1.